The molecular formula is C17H13N3O3S. The molecule has 0 aliphatic carbocycles. The number of nitrogens with one attached hydrogen (secondary N) is 1. The van der Waals surface area contributed by atoms with Gasteiger partial charge < -0.3 is 14.3 Å². The van der Waals surface area contributed by atoms with Crippen LogP contribution in [0.1, 0.15) is 20.9 Å². The minimum atomic E-state index is -0.199. The zero-order valence-corrected chi connectivity index (χ0v) is 13.6. The predicted molar refractivity (Wildman–Crippen MR) is 89.7 cm³/mol. The van der Waals surface area contributed by atoms with Crippen molar-refractivity contribution in [3.8, 4) is 11.5 Å². The average molecular weight is 339 g/mol. The van der Waals surface area contributed by atoms with E-state index >= 15 is 0 Å². The molecule has 0 unspecified atom stereocenters. The number of amides is 1. The smallest absolute Gasteiger partial charge is 0.259 e. The molecule has 0 spiro atoms. The van der Waals surface area contributed by atoms with Crippen LogP contribution in [-0.4, -0.2) is 16.0 Å². The highest BCUT2D eigenvalue weighted by Gasteiger charge is 2.20. The van der Waals surface area contributed by atoms with Crippen molar-refractivity contribution in [1.29, 1.82) is 0 Å². The molecule has 0 saturated carbocycles. The SMILES string of the molecule is Cc1noc2nc(-c3ccco3)cc(C(=O)NCc3cccs3)c12. The van der Waals surface area contributed by atoms with E-state index in [2.05, 4.69) is 15.5 Å². The minimum absolute atomic E-state index is 0.199. The number of carbonyl (C=O) groups excluding carboxylic acids is 1. The molecular weight excluding hydrogens is 326 g/mol. The van der Waals surface area contributed by atoms with Gasteiger partial charge in [0.15, 0.2) is 5.76 Å². The van der Waals surface area contributed by atoms with E-state index in [0.29, 0.717) is 40.4 Å². The quantitative estimate of drug-likeness (QED) is 0.612. The molecule has 4 heterocycles. The maximum Gasteiger partial charge on any atom is 0.259 e. The van der Waals surface area contributed by atoms with Gasteiger partial charge in [-0.25, -0.2) is 4.98 Å². The number of carbonyl (C=O) groups is 1. The number of nitrogens with zero attached hydrogens (tertiary/aromatic N) is 2. The summed E-state index contributed by atoms with van der Waals surface area (Å²) in [5, 5.41) is 9.45. The van der Waals surface area contributed by atoms with Crippen LogP contribution in [0.4, 0.5) is 0 Å². The Morgan fingerprint density at radius 3 is 3.00 bits per heavy atom. The highest BCUT2D eigenvalue weighted by Crippen LogP contribution is 2.27. The van der Waals surface area contributed by atoms with E-state index in [1.807, 2.05) is 17.5 Å². The van der Waals surface area contributed by atoms with E-state index in [1.165, 1.54) is 0 Å². The summed E-state index contributed by atoms with van der Waals surface area (Å²) in [6.45, 7) is 2.26. The summed E-state index contributed by atoms with van der Waals surface area (Å²) in [6, 6.07) is 9.19. The van der Waals surface area contributed by atoms with Crippen molar-refractivity contribution in [3.63, 3.8) is 0 Å². The number of hydrogen-bond acceptors (Lipinski definition) is 6. The third kappa shape index (κ3) is 2.59. The lowest BCUT2D eigenvalue weighted by molar-refractivity contribution is 0.0953. The summed E-state index contributed by atoms with van der Waals surface area (Å²) in [4.78, 5) is 18.2. The number of rotatable bonds is 4. The fourth-order valence-electron chi connectivity index (χ4n) is 2.50. The molecule has 4 aromatic heterocycles. The van der Waals surface area contributed by atoms with Crippen molar-refractivity contribution in [3.05, 3.63) is 58.1 Å². The molecule has 6 nitrogen and oxygen atoms in total. The Bertz CT molecular complexity index is 988. The summed E-state index contributed by atoms with van der Waals surface area (Å²) in [6.07, 6.45) is 1.56. The lowest BCUT2D eigenvalue weighted by Crippen LogP contribution is -2.22. The Labute approximate surface area is 141 Å². The van der Waals surface area contributed by atoms with Gasteiger partial charge in [-0.05, 0) is 36.6 Å². The fraction of sp³-hybridized carbons (Fsp3) is 0.118. The van der Waals surface area contributed by atoms with E-state index in [1.54, 1.807) is 42.7 Å². The number of fused-ring (bicyclic) bond motifs is 1. The molecule has 24 heavy (non-hydrogen) atoms. The van der Waals surface area contributed by atoms with Crippen molar-refractivity contribution >= 4 is 28.3 Å². The summed E-state index contributed by atoms with van der Waals surface area (Å²) >= 11 is 1.60. The second-order valence-electron chi connectivity index (χ2n) is 5.24. The molecule has 1 amide bonds. The van der Waals surface area contributed by atoms with Gasteiger partial charge in [-0.1, -0.05) is 11.2 Å². The Morgan fingerprint density at radius 1 is 1.33 bits per heavy atom. The van der Waals surface area contributed by atoms with Gasteiger partial charge in [-0.2, -0.15) is 0 Å². The number of hydrogen-bond donors (Lipinski definition) is 1. The largest absolute Gasteiger partial charge is 0.463 e. The van der Waals surface area contributed by atoms with E-state index in [-0.39, 0.29) is 5.91 Å². The summed E-state index contributed by atoms with van der Waals surface area (Å²) in [5.74, 6) is 0.369. The molecule has 0 saturated heterocycles. The molecule has 0 bridgehead atoms. The van der Waals surface area contributed by atoms with Crippen LogP contribution in [0.25, 0.3) is 22.6 Å². The molecule has 0 radical (unpaired) electrons. The molecule has 120 valence electrons. The lowest BCUT2D eigenvalue weighted by Gasteiger charge is -2.06. The van der Waals surface area contributed by atoms with E-state index in [0.717, 1.165) is 4.88 Å². The van der Waals surface area contributed by atoms with Crippen LogP contribution in [0, 0.1) is 6.92 Å². The van der Waals surface area contributed by atoms with Crippen LogP contribution in [0.3, 0.4) is 0 Å². The number of thiophene rings is 1. The van der Waals surface area contributed by atoms with Crippen LogP contribution < -0.4 is 5.32 Å². The van der Waals surface area contributed by atoms with Crippen molar-refractivity contribution in [2.45, 2.75) is 13.5 Å². The highest BCUT2D eigenvalue weighted by molar-refractivity contribution is 7.09. The molecule has 4 aromatic rings. The van der Waals surface area contributed by atoms with Crippen LogP contribution in [-0.2, 0) is 6.54 Å². The van der Waals surface area contributed by atoms with Gasteiger partial charge in [0, 0.05) is 4.88 Å². The molecule has 0 fully saturated rings. The van der Waals surface area contributed by atoms with Gasteiger partial charge in [-0.15, -0.1) is 11.3 Å². The van der Waals surface area contributed by atoms with Crippen molar-refractivity contribution in [1.82, 2.24) is 15.5 Å². The third-order valence-corrected chi connectivity index (χ3v) is 4.52. The van der Waals surface area contributed by atoms with Crippen molar-refractivity contribution in [2.75, 3.05) is 0 Å². The van der Waals surface area contributed by atoms with Crippen molar-refractivity contribution < 1.29 is 13.7 Å². The number of aryl methyl sites for hydroxylation is 1. The molecule has 7 heteroatoms. The van der Waals surface area contributed by atoms with Crippen molar-refractivity contribution in [2.24, 2.45) is 0 Å². The number of pyridine rings is 1. The van der Waals surface area contributed by atoms with Crippen LogP contribution >= 0.6 is 11.3 Å². The first kappa shape index (κ1) is 14.6. The maximum absolute atomic E-state index is 12.7. The molecule has 4 rings (SSSR count). The number of furan rings is 1. The molecule has 0 aliphatic rings. The maximum atomic E-state index is 12.7. The highest BCUT2D eigenvalue weighted by atomic mass is 32.1. The Balaban J connectivity index is 1.74. The first-order chi connectivity index (χ1) is 11.7. The Hall–Kier alpha value is -2.93. The monoisotopic (exact) mass is 339 g/mol. The lowest BCUT2D eigenvalue weighted by atomic mass is 10.1. The van der Waals surface area contributed by atoms with Gasteiger partial charge in [0.1, 0.15) is 5.69 Å². The second-order valence-corrected chi connectivity index (χ2v) is 6.27. The fourth-order valence-corrected chi connectivity index (χ4v) is 3.14. The summed E-state index contributed by atoms with van der Waals surface area (Å²) in [7, 11) is 0. The number of aromatic nitrogens is 2. The first-order valence-electron chi connectivity index (χ1n) is 7.34. The van der Waals surface area contributed by atoms with Gasteiger partial charge in [0.05, 0.1) is 29.5 Å². The normalized spacial score (nSPS) is 11.0. The van der Waals surface area contributed by atoms with Crippen LogP contribution in [0.5, 0.6) is 0 Å². The minimum Gasteiger partial charge on any atom is -0.463 e. The molecule has 1 N–H and O–H groups in total. The van der Waals surface area contributed by atoms with Crippen LogP contribution in [0.2, 0.25) is 0 Å². The van der Waals surface area contributed by atoms with Crippen LogP contribution in [0.15, 0.2) is 50.9 Å². The zero-order chi connectivity index (χ0) is 16.5. The van der Waals surface area contributed by atoms with Gasteiger partial charge in [0.2, 0.25) is 0 Å². The summed E-state index contributed by atoms with van der Waals surface area (Å²) < 4.78 is 10.6. The van der Waals surface area contributed by atoms with Gasteiger partial charge in [-0.3, -0.25) is 4.79 Å². The Kier molecular flexibility index (Phi) is 3.62. The van der Waals surface area contributed by atoms with Gasteiger partial charge in [0.25, 0.3) is 11.6 Å². The third-order valence-electron chi connectivity index (χ3n) is 3.64. The standard InChI is InChI=1S/C17H13N3O3S/c1-10-15-12(16(21)18-9-11-4-3-7-24-11)8-13(14-5-2-6-22-14)19-17(15)23-20-10/h2-8H,9H2,1H3,(H,18,21). The molecule has 0 aromatic carbocycles. The molecule has 0 aliphatic heterocycles. The summed E-state index contributed by atoms with van der Waals surface area (Å²) in [5.41, 5.74) is 1.96. The zero-order valence-electron chi connectivity index (χ0n) is 12.8. The van der Waals surface area contributed by atoms with E-state index < -0.39 is 0 Å². The topological polar surface area (TPSA) is 81.2 Å². The second kappa shape index (κ2) is 5.93. The average Bonchev–Trinajstić information content (AvgIpc) is 3.34. The first-order valence-corrected chi connectivity index (χ1v) is 8.22. The molecule has 0 atom stereocenters. The van der Waals surface area contributed by atoms with E-state index in [4.69, 9.17) is 8.94 Å². The predicted octanol–water partition coefficient (Wildman–Crippen LogP) is 3.78. The Morgan fingerprint density at radius 2 is 2.25 bits per heavy atom. The van der Waals surface area contributed by atoms with E-state index in [9.17, 15) is 4.79 Å². The van der Waals surface area contributed by atoms with Gasteiger partial charge >= 0.3 is 0 Å².